The van der Waals surface area contributed by atoms with Crippen LogP contribution in [0, 0.1) is 6.92 Å². The number of rotatable bonds is 4. The van der Waals surface area contributed by atoms with E-state index < -0.39 is 16.1 Å². The van der Waals surface area contributed by atoms with Crippen molar-refractivity contribution in [1.82, 2.24) is 0 Å². The minimum atomic E-state index is -3.51. The molecule has 1 N–H and O–H groups in total. The second-order valence-corrected chi connectivity index (χ2v) is 7.99. The molecule has 0 bridgehead atoms. The molecule has 2 aromatic rings. The van der Waals surface area contributed by atoms with Crippen LogP contribution in [0.1, 0.15) is 12.5 Å². The summed E-state index contributed by atoms with van der Waals surface area (Å²) in [5, 5.41) is 2.82. The van der Waals surface area contributed by atoms with Gasteiger partial charge in [0.2, 0.25) is 10.0 Å². The normalized spacial score (nSPS) is 16.7. The Morgan fingerprint density at radius 3 is 2.60 bits per heavy atom. The monoisotopic (exact) mass is 360 g/mol. The quantitative estimate of drug-likeness (QED) is 0.909. The Morgan fingerprint density at radius 1 is 1.20 bits per heavy atom. The lowest BCUT2D eigenvalue weighted by atomic mass is 10.2. The highest BCUT2D eigenvalue weighted by atomic mass is 32.2. The van der Waals surface area contributed by atoms with E-state index in [4.69, 9.17) is 4.74 Å². The number of para-hydroxylation sites is 3. The molecule has 1 aliphatic heterocycles. The van der Waals surface area contributed by atoms with Crippen molar-refractivity contribution in [1.29, 1.82) is 0 Å². The molecular weight excluding hydrogens is 340 g/mol. The van der Waals surface area contributed by atoms with Crippen molar-refractivity contribution in [2.45, 2.75) is 20.0 Å². The number of sulfonamides is 1. The molecule has 1 amide bonds. The number of anilines is 2. The lowest BCUT2D eigenvalue weighted by molar-refractivity contribution is -0.122. The van der Waals surface area contributed by atoms with Gasteiger partial charge in [-0.25, -0.2) is 8.42 Å². The van der Waals surface area contributed by atoms with Crippen LogP contribution in [0.15, 0.2) is 48.5 Å². The van der Waals surface area contributed by atoms with Gasteiger partial charge in [-0.15, -0.1) is 0 Å². The molecule has 0 saturated heterocycles. The van der Waals surface area contributed by atoms with Crippen LogP contribution in [-0.2, 0) is 14.8 Å². The fourth-order valence-corrected chi connectivity index (χ4v) is 3.81. The molecule has 1 unspecified atom stereocenters. The molecule has 7 heteroatoms. The van der Waals surface area contributed by atoms with E-state index in [9.17, 15) is 13.2 Å². The number of aryl methyl sites for hydroxylation is 1. The van der Waals surface area contributed by atoms with Gasteiger partial charge in [0.15, 0.2) is 6.10 Å². The first-order chi connectivity index (χ1) is 11.9. The van der Waals surface area contributed by atoms with Gasteiger partial charge in [0, 0.05) is 5.69 Å². The summed E-state index contributed by atoms with van der Waals surface area (Å²) in [5.74, 6) is -0.0381. The highest BCUT2D eigenvalue weighted by Crippen LogP contribution is 2.35. The van der Waals surface area contributed by atoms with E-state index in [1.165, 1.54) is 4.31 Å². The largest absolute Gasteiger partial charge is 0.476 e. The molecule has 0 fully saturated rings. The molecule has 132 valence electrons. The SMILES string of the molecule is CCS(=O)(=O)N1CC(C(=O)Nc2ccccc2C)Oc2ccccc21. The minimum Gasteiger partial charge on any atom is -0.476 e. The number of fused-ring (bicyclic) bond motifs is 1. The average molecular weight is 360 g/mol. The first-order valence-corrected chi connectivity index (χ1v) is 9.66. The molecule has 0 saturated carbocycles. The van der Waals surface area contributed by atoms with Gasteiger partial charge in [-0.1, -0.05) is 30.3 Å². The van der Waals surface area contributed by atoms with Crippen molar-refractivity contribution in [3.05, 3.63) is 54.1 Å². The van der Waals surface area contributed by atoms with Crippen molar-refractivity contribution in [3.63, 3.8) is 0 Å². The van der Waals surface area contributed by atoms with Crippen LogP contribution < -0.4 is 14.4 Å². The van der Waals surface area contributed by atoms with E-state index in [1.807, 2.05) is 25.1 Å². The van der Waals surface area contributed by atoms with Crippen LogP contribution in [-0.4, -0.2) is 32.7 Å². The molecule has 3 rings (SSSR count). The van der Waals surface area contributed by atoms with Crippen LogP contribution in [0.5, 0.6) is 5.75 Å². The summed E-state index contributed by atoms with van der Waals surface area (Å²) in [7, 11) is -3.51. The molecular formula is C18H20N2O4S. The van der Waals surface area contributed by atoms with Crippen molar-refractivity contribution < 1.29 is 17.9 Å². The highest BCUT2D eigenvalue weighted by Gasteiger charge is 2.35. The summed E-state index contributed by atoms with van der Waals surface area (Å²) >= 11 is 0. The van der Waals surface area contributed by atoms with Gasteiger partial charge in [0.05, 0.1) is 18.0 Å². The Morgan fingerprint density at radius 2 is 1.88 bits per heavy atom. The molecule has 1 heterocycles. The van der Waals surface area contributed by atoms with Gasteiger partial charge < -0.3 is 10.1 Å². The van der Waals surface area contributed by atoms with E-state index in [2.05, 4.69) is 5.32 Å². The standard InChI is InChI=1S/C18H20N2O4S/c1-3-25(22,23)20-12-17(24-16-11-7-6-10-15(16)20)18(21)19-14-9-5-4-8-13(14)2/h4-11,17H,3,12H2,1-2H3,(H,19,21). The lowest BCUT2D eigenvalue weighted by Gasteiger charge is -2.34. The Bertz CT molecular complexity index is 895. The fraction of sp³-hybridized carbons (Fsp3) is 0.278. The first kappa shape index (κ1) is 17.3. The summed E-state index contributed by atoms with van der Waals surface area (Å²) < 4.78 is 31.9. The third kappa shape index (κ3) is 3.46. The molecule has 0 radical (unpaired) electrons. The maximum atomic E-state index is 12.6. The van der Waals surface area contributed by atoms with Crippen LogP contribution in [0.3, 0.4) is 0 Å². The van der Waals surface area contributed by atoms with Gasteiger partial charge in [-0.05, 0) is 37.6 Å². The van der Waals surface area contributed by atoms with Gasteiger partial charge >= 0.3 is 0 Å². The zero-order chi connectivity index (χ0) is 18.0. The minimum absolute atomic E-state index is 0.0481. The molecule has 0 aromatic heterocycles. The van der Waals surface area contributed by atoms with E-state index >= 15 is 0 Å². The average Bonchev–Trinajstić information content (AvgIpc) is 2.62. The van der Waals surface area contributed by atoms with Crippen molar-refractivity contribution in [2.24, 2.45) is 0 Å². The van der Waals surface area contributed by atoms with E-state index in [1.54, 1.807) is 37.3 Å². The first-order valence-electron chi connectivity index (χ1n) is 8.05. The number of nitrogens with one attached hydrogen (secondary N) is 1. The van der Waals surface area contributed by atoms with E-state index in [0.717, 1.165) is 5.56 Å². The van der Waals surface area contributed by atoms with Crippen LogP contribution in [0.25, 0.3) is 0 Å². The molecule has 2 aromatic carbocycles. The summed E-state index contributed by atoms with van der Waals surface area (Å²) in [6, 6.07) is 14.2. The predicted octanol–water partition coefficient (Wildman–Crippen LogP) is 2.55. The smallest absolute Gasteiger partial charge is 0.267 e. The molecule has 1 atom stereocenters. The number of benzene rings is 2. The third-order valence-corrected chi connectivity index (χ3v) is 5.88. The van der Waals surface area contributed by atoms with Gasteiger partial charge in [-0.2, -0.15) is 0 Å². The van der Waals surface area contributed by atoms with Crippen LogP contribution in [0.4, 0.5) is 11.4 Å². The van der Waals surface area contributed by atoms with Gasteiger partial charge in [-0.3, -0.25) is 9.10 Å². The Labute approximate surface area is 147 Å². The number of ether oxygens (including phenoxy) is 1. The topological polar surface area (TPSA) is 75.7 Å². The summed E-state index contributed by atoms with van der Waals surface area (Å²) in [5.41, 5.74) is 2.06. The van der Waals surface area contributed by atoms with Crippen LogP contribution >= 0.6 is 0 Å². The van der Waals surface area contributed by atoms with E-state index in [-0.39, 0.29) is 18.2 Å². The number of hydrogen-bond acceptors (Lipinski definition) is 4. The summed E-state index contributed by atoms with van der Waals surface area (Å²) in [6.07, 6.45) is -0.921. The zero-order valence-corrected chi connectivity index (χ0v) is 14.9. The number of carbonyl (C=O) groups excluding carboxylic acids is 1. The Kier molecular flexibility index (Phi) is 4.67. The van der Waals surface area contributed by atoms with Gasteiger partial charge in [0.1, 0.15) is 5.75 Å². The fourth-order valence-electron chi connectivity index (χ4n) is 2.68. The molecule has 6 nitrogen and oxygen atoms in total. The molecule has 25 heavy (non-hydrogen) atoms. The second kappa shape index (κ2) is 6.76. The molecule has 0 aliphatic carbocycles. The maximum absolute atomic E-state index is 12.6. The second-order valence-electron chi connectivity index (χ2n) is 5.81. The van der Waals surface area contributed by atoms with E-state index in [0.29, 0.717) is 17.1 Å². The number of carbonyl (C=O) groups is 1. The maximum Gasteiger partial charge on any atom is 0.267 e. The Hall–Kier alpha value is -2.54. The van der Waals surface area contributed by atoms with Crippen molar-refractivity contribution in [3.8, 4) is 5.75 Å². The number of hydrogen-bond donors (Lipinski definition) is 1. The summed E-state index contributed by atoms with van der Waals surface area (Å²) in [4.78, 5) is 12.6. The third-order valence-electron chi connectivity index (χ3n) is 4.13. The predicted molar refractivity (Wildman–Crippen MR) is 97.5 cm³/mol. The number of nitrogens with zero attached hydrogens (tertiary/aromatic N) is 1. The van der Waals surface area contributed by atoms with Crippen LogP contribution in [0.2, 0.25) is 0 Å². The summed E-state index contributed by atoms with van der Waals surface area (Å²) in [6.45, 7) is 3.42. The zero-order valence-electron chi connectivity index (χ0n) is 14.1. The molecule has 1 aliphatic rings. The van der Waals surface area contributed by atoms with Crippen molar-refractivity contribution in [2.75, 3.05) is 21.9 Å². The Balaban J connectivity index is 1.89. The molecule has 0 spiro atoms. The lowest BCUT2D eigenvalue weighted by Crippen LogP contribution is -2.49. The highest BCUT2D eigenvalue weighted by molar-refractivity contribution is 7.92. The van der Waals surface area contributed by atoms with Crippen molar-refractivity contribution >= 4 is 27.3 Å². The number of amides is 1. The van der Waals surface area contributed by atoms with Gasteiger partial charge in [0.25, 0.3) is 5.91 Å².